The molecule has 0 bridgehead atoms. The number of nitrogens with zero attached hydrogens (tertiary/aromatic N) is 2. The summed E-state index contributed by atoms with van der Waals surface area (Å²) in [6.45, 7) is 1.63. The van der Waals surface area contributed by atoms with Crippen molar-refractivity contribution >= 4 is 40.9 Å². The van der Waals surface area contributed by atoms with Crippen LogP contribution in [0.15, 0.2) is 41.2 Å². The lowest BCUT2D eigenvalue weighted by Gasteiger charge is -2.45. The van der Waals surface area contributed by atoms with Crippen LogP contribution in [0.4, 0.5) is 18.9 Å². The number of hydrogen-bond donors (Lipinski definition) is 4. The van der Waals surface area contributed by atoms with Gasteiger partial charge in [0.1, 0.15) is 23.5 Å². The van der Waals surface area contributed by atoms with Crippen molar-refractivity contribution in [3.8, 4) is 6.07 Å². The molecule has 1 aliphatic carbocycles. The van der Waals surface area contributed by atoms with Gasteiger partial charge in [0.2, 0.25) is 0 Å². The zero-order chi connectivity index (χ0) is 24.0. The third-order valence-corrected chi connectivity index (χ3v) is 7.40. The lowest BCUT2D eigenvalue weighted by Crippen LogP contribution is -2.55. The van der Waals surface area contributed by atoms with Gasteiger partial charge in [0.25, 0.3) is 0 Å². The van der Waals surface area contributed by atoms with Crippen LogP contribution in [0.3, 0.4) is 0 Å². The Bertz CT molecular complexity index is 1100. The van der Waals surface area contributed by atoms with E-state index >= 15 is 0 Å². The van der Waals surface area contributed by atoms with Crippen molar-refractivity contribution in [1.82, 2.24) is 0 Å². The van der Waals surface area contributed by atoms with Crippen LogP contribution in [-0.2, 0) is 11.0 Å². The standard InChI is InChI=1S/C20H18ClF3N4O3S/c1-19-12(5-10(29)6-16(19)32-8-15(26)18(30)31)11(7-25)17(27)28(19)9-2-3-14(21)13(4-9)20(22,23)24/h2-5,15-16,27,29H,6,8,26H2,1H3,(H,30,31)/t15-,16?,19?/m0/s1. The zero-order valence-corrected chi connectivity index (χ0v) is 18.1. The van der Waals surface area contributed by atoms with Crippen molar-refractivity contribution in [2.75, 3.05) is 10.7 Å². The van der Waals surface area contributed by atoms with E-state index in [1.165, 1.54) is 17.0 Å². The Morgan fingerprint density at radius 3 is 2.75 bits per heavy atom. The molecule has 0 aromatic heterocycles. The molecule has 170 valence electrons. The molecular formula is C20H18ClF3N4O3S. The number of fused-ring (bicyclic) bond motifs is 1. The molecular weight excluding hydrogens is 469 g/mol. The fourth-order valence-corrected chi connectivity index (χ4v) is 5.54. The second kappa shape index (κ2) is 8.35. The maximum Gasteiger partial charge on any atom is 0.417 e. The van der Waals surface area contributed by atoms with Gasteiger partial charge in [0, 0.05) is 28.7 Å². The SMILES string of the molecule is CC12C(=C(C#N)C(=N)N1c1ccc(Cl)c(C(F)(F)F)c1)C=C(O)CC2SC[C@H](N)C(=O)O. The number of carboxylic acid groups (broad SMARTS) is 1. The summed E-state index contributed by atoms with van der Waals surface area (Å²) in [6, 6.07) is 3.89. The fraction of sp³-hybridized carbons (Fsp3) is 0.350. The molecule has 1 aromatic carbocycles. The highest BCUT2D eigenvalue weighted by Gasteiger charge is 2.54. The largest absolute Gasteiger partial charge is 0.512 e. The van der Waals surface area contributed by atoms with E-state index in [9.17, 15) is 28.3 Å². The lowest BCUT2D eigenvalue weighted by atomic mass is 9.81. The number of nitrogens with two attached hydrogens (primary N) is 1. The predicted molar refractivity (Wildman–Crippen MR) is 115 cm³/mol. The highest BCUT2D eigenvalue weighted by Crippen LogP contribution is 2.51. The molecule has 0 saturated heterocycles. The minimum atomic E-state index is -4.74. The maximum absolute atomic E-state index is 13.5. The van der Waals surface area contributed by atoms with Crippen LogP contribution in [0.25, 0.3) is 0 Å². The Morgan fingerprint density at radius 1 is 1.53 bits per heavy atom. The Hall–Kier alpha value is -2.68. The summed E-state index contributed by atoms with van der Waals surface area (Å²) in [5.74, 6) is -1.70. The van der Waals surface area contributed by atoms with Crippen LogP contribution in [0.5, 0.6) is 0 Å². The van der Waals surface area contributed by atoms with Crippen molar-refractivity contribution in [3.63, 3.8) is 0 Å². The van der Waals surface area contributed by atoms with Gasteiger partial charge in [-0.1, -0.05) is 11.6 Å². The van der Waals surface area contributed by atoms with E-state index in [2.05, 4.69) is 0 Å². The van der Waals surface area contributed by atoms with Crippen LogP contribution in [0, 0.1) is 16.7 Å². The summed E-state index contributed by atoms with van der Waals surface area (Å²) >= 11 is 6.84. The summed E-state index contributed by atoms with van der Waals surface area (Å²) in [6.07, 6.45) is -3.36. The molecule has 2 aliphatic rings. The van der Waals surface area contributed by atoms with E-state index in [-0.39, 0.29) is 40.6 Å². The maximum atomic E-state index is 13.5. The molecule has 12 heteroatoms. The van der Waals surface area contributed by atoms with Crippen LogP contribution in [0.1, 0.15) is 18.9 Å². The predicted octanol–water partition coefficient (Wildman–Crippen LogP) is 4.09. The van der Waals surface area contributed by atoms with Crippen LogP contribution in [0.2, 0.25) is 5.02 Å². The smallest absolute Gasteiger partial charge is 0.417 e. The topological polar surface area (TPSA) is 134 Å². The molecule has 5 N–H and O–H groups in total. The first kappa shape index (κ1) is 24.0. The molecule has 2 unspecified atom stereocenters. The summed E-state index contributed by atoms with van der Waals surface area (Å²) in [7, 11) is 0. The first-order chi connectivity index (χ1) is 14.8. The van der Waals surface area contributed by atoms with E-state index in [0.717, 1.165) is 23.9 Å². The number of allylic oxidation sites excluding steroid dienone is 1. The van der Waals surface area contributed by atoms with Crippen LogP contribution in [-0.4, -0.2) is 44.6 Å². The zero-order valence-electron chi connectivity index (χ0n) is 16.6. The van der Waals surface area contributed by atoms with Gasteiger partial charge in [-0.3, -0.25) is 10.2 Å². The van der Waals surface area contributed by atoms with Gasteiger partial charge >= 0.3 is 12.1 Å². The highest BCUT2D eigenvalue weighted by molar-refractivity contribution is 8.00. The Morgan fingerprint density at radius 2 is 2.19 bits per heavy atom. The number of aliphatic hydroxyl groups excluding tert-OH is 1. The molecule has 0 radical (unpaired) electrons. The number of rotatable bonds is 5. The highest BCUT2D eigenvalue weighted by atomic mass is 35.5. The molecule has 3 atom stereocenters. The second-order valence-corrected chi connectivity index (χ2v) is 9.14. The van der Waals surface area contributed by atoms with Crippen molar-refractivity contribution in [2.24, 2.45) is 5.73 Å². The third kappa shape index (κ3) is 3.94. The average molecular weight is 487 g/mol. The number of anilines is 1. The van der Waals surface area contributed by atoms with Gasteiger partial charge in [-0.15, -0.1) is 0 Å². The summed E-state index contributed by atoms with van der Waals surface area (Å²) in [4.78, 5) is 12.4. The van der Waals surface area contributed by atoms with Crippen LogP contribution < -0.4 is 10.6 Å². The average Bonchev–Trinajstić information content (AvgIpc) is 2.91. The first-order valence-corrected chi connectivity index (χ1v) is 10.6. The van der Waals surface area contributed by atoms with Gasteiger partial charge in [-0.25, -0.2) is 0 Å². The molecule has 1 aliphatic heterocycles. The number of carboxylic acids is 1. The number of alkyl halides is 3. The molecule has 1 heterocycles. The van der Waals surface area contributed by atoms with Gasteiger partial charge < -0.3 is 20.8 Å². The number of halogens is 4. The molecule has 0 spiro atoms. The molecule has 3 rings (SSSR count). The summed E-state index contributed by atoms with van der Waals surface area (Å²) in [5.41, 5.74) is 3.43. The van der Waals surface area contributed by atoms with Crippen molar-refractivity contribution in [3.05, 3.63) is 51.8 Å². The van der Waals surface area contributed by atoms with Gasteiger partial charge in [-0.05, 0) is 31.2 Å². The van der Waals surface area contributed by atoms with E-state index in [4.69, 9.17) is 27.9 Å². The minimum Gasteiger partial charge on any atom is -0.512 e. The number of aliphatic carboxylic acids is 1. The number of aliphatic hydroxyl groups is 1. The Balaban J connectivity index is 2.15. The quantitative estimate of drug-likeness (QED) is 0.492. The number of hydrogen-bond acceptors (Lipinski definition) is 6. The summed E-state index contributed by atoms with van der Waals surface area (Å²) < 4.78 is 40.4. The first-order valence-electron chi connectivity index (χ1n) is 9.22. The minimum absolute atomic E-state index is 0.0140. The van der Waals surface area contributed by atoms with E-state index in [1.807, 2.05) is 6.07 Å². The number of benzene rings is 1. The third-order valence-electron chi connectivity index (χ3n) is 5.49. The van der Waals surface area contributed by atoms with Gasteiger partial charge in [0.15, 0.2) is 0 Å². The van der Waals surface area contributed by atoms with E-state index < -0.39 is 39.6 Å². The van der Waals surface area contributed by atoms with Crippen molar-refractivity contribution in [1.29, 1.82) is 10.7 Å². The fourth-order valence-electron chi connectivity index (χ4n) is 3.89. The number of thioether (sulfide) groups is 1. The Labute approximate surface area is 190 Å². The number of carbonyl (C=O) groups is 1. The van der Waals surface area contributed by atoms with Crippen LogP contribution >= 0.6 is 23.4 Å². The van der Waals surface area contributed by atoms with E-state index in [1.54, 1.807) is 6.92 Å². The molecule has 1 aromatic rings. The van der Waals surface area contributed by atoms with E-state index in [0.29, 0.717) is 0 Å². The lowest BCUT2D eigenvalue weighted by molar-refractivity contribution is -0.138. The number of nitrogens with one attached hydrogen (secondary N) is 1. The van der Waals surface area contributed by atoms with Gasteiger partial charge in [0.05, 0.1) is 21.9 Å². The second-order valence-electron chi connectivity index (χ2n) is 7.50. The molecule has 0 saturated carbocycles. The molecule has 0 fully saturated rings. The monoisotopic (exact) mass is 486 g/mol. The summed E-state index contributed by atoms with van der Waals surface area (Å²) in [5, 5.41) is 36.4. The molecule has 32 heavy (non-hydrogen) atoms. The molecule has 0 amide bonds. The number of nitriles is 1. The van der Waals surface area contributed by atoms with Crippen molar-refractivity contribution < 1.29 is 28.2 Å². The molecule has 7 nitrogen and oxygen atoms in total. The number of amidine groups is 1. The Kier molecular flexibility index (Phi) is 6.25. The van der Waals surface area contributed by atoms with Crippen molar-refractivity contribution in [2.45, 2.75) is 36.4 Å². The normalized spacial score (nSPS) is 24.2. The van der Waals surface area contributed by atoms with Gasteiger partial charge in [-0.2, -0.15) is 30.2 Å².